The fourth-order valence-corrected chi connectivity index (χ4v) is 9.75. The van der Waals surface area contributed by atoms with E-state index >= 15 is 0 Å². The maximum Gasteiger partial charge on any atom is 0.573 e. The lowest BCUT2D eigenvalue weighted by atomic mass is 10.0. The Balaban J connectivity index is 1.40. The van der Waals surface area contributed by atoms with Gasteiger partial charge in [-0.3, -0.25) is 0 Å². The van der Waals surface area contributed by atoms with Gasteiger partial charge in [-0.05, 0) is 61.5 Å². The molecule has 0 aliphatic carbocycles. The Morgan fingerprint density at radius 1 is 1.09 bits per heavy atom. The van der Waals surface area contributed by atoms with Crippen molar-refractivity contribution in [3.8, 4) is 17.6 Å². The van der Waals surface area contributed by atoms with Crippen molar-refractivity contribution in [2.24, 2.45) is 0 Å². The number of rotatable bonds is 7. The first-order valence-electron chi connectivity index (χ1n) is 14.1. The predicted octanol–water partition coefficient (Wildman–Crippen LogP) is 7.60. The van der Waals surface area contributed by atoms with Gasteiger partial charge in [-0.25, -0.2) is 4.39 Å². The molecular weight excluding hydrogens is 630 g/mol. The second-order valence-electron chi connectivity index (χ2n) is 11.1. The Labute approximate surface area is 254 Å². The van der Waals surface area contributed by atoms with Gasteiger partial charge in [0.25, 0.3) is 0 Å². The van der Waals surface area contributed by atoms with Crippen molar-refractivity contribution < 1.29 is 40.0 Å². The summed E-state index contributed by atoms with van der Waals surface area (Å²) in [6, 6.07) is 8.40. The standard InChI is InChI=1S/C30H31F7N3O2PS/c1-40-13-11-23(22(31)18-40)39-25-7-4-6-20-21(17-29(32,33)34)27(44-28(20)25)8-5-12-38-24-10-9-19(43(41)14-2-3-15-43)16-26(24)42-30(35,36)37/h4,6-7,9-10,16,22-23,38-39H,2-3,11-15,17-18H2,1H3/t22-,23?/m0/s1. The highest BCUT2D eigenvalue weighted by Crippen LogP contribution is 2.52. The number of anilines is 2. The van der Waals surface area contributed by atoms with E-state index in [4.69, 9.17) is 0 Å². The van der Waals surface area contributed by atoms with Crippen molar-refractivity contribution in [2.75, 3.05) is 49.6 Å². The summed E-state index contributed by atoms with van der Waals surface area (Å²) in [6.07, 6.45) is -9.02. The molecule has 0 amide bonds. The third-order valence-corrected chi connectivity index (χ3v) is 12.3. The summed E-state index contributed by atoms with van der Waals surface area (Å²) < 4.78 is 113. The third-order valence-electron chi connectivity index (χ3n) is 7.80. The van der Waals surface area contributed by atoms with Crippen LogP contribution in [0.25, 0.3) is 10.1 Å². The van der Waals surface area contributed by atoms with Gasteiger partial charge in [0.2, 0.25) is 0 Å². The Morgan fingerprint density at radius 2 is 1.84 bits per heavy atom. The maximum absolute atomic E-state index is 14.7. The zero-order valence-electron chi connectivity index (χ0n) is 23.7. The van der Waals surface area contributed by atoms with Crippen LogP contribution in [-0.4, -0.2) is 68.7 Å². The molecule has 44 heavy (non-hydrogen) atoms. The van der Waals surface area contributed by atoms with Crippen LogP contribution < -0.4 is 20.7 Å². The average Bonchev–Trinajstić information content (AvgIpc) is 3.52. The highest BCUT2D eigenvalue weighted by atomic mass is 32.1. The fraction of sp³-hybridized carbons (Fsp3) is 0.467. The first kappa shape index (κ1) is 32.5. The van der Waals surface area contributed by atoms with Crippen LogP contribution in [-0.2, 0) is 11.0 Å². The van der Waals surface area contributed by atoms with Gasteiger partial charge in [0.15, 0.2) is 5.75 Å². The normalized spacial score (nSPS) is 20.7. The number of hydrogen-bond donors (Lipinski definition) is 2. The van der Waals surface area contributed by atoms with Gasteiger partial charge < -0.3 is 24.8 Å². The summed E-state index contributed by atoms with van der Waals surface area (Å²) in [5.41, 5.74) is 0.471. The summed E-state index contributed by atoms with van der Waals surface area (Å²) in [7, 11) is -0.964. The molecule has 2 aliphatic rings. The van der Waals surface area contributed by atoms with E-state index in [9.17, 15) is 35.3 Å². The zero-order chi connectivity index (χ0) is 31.7. The molecule has 2 aliphatic heterocycles. The third kappa shape index (κ3) is 7.82. The predicted molar refractivity (Wildman–Crippen MR) is 161 cm³/mol. The number of nitrogens with one attached hydrogen (secondary N) is 2. The molecule has 3 aromatic rings. The van der Waals surface area contributed by atoms with Gasteiger partial charge in [-0.15, -0.1) is 24.5 Å². The summed E-state index contributed by atoms with van der Waals surface area (Å²) >= 11 is 1.05. The molecule has 2 N–H and O–H groups in total. The van der Waals surface area contributed by atoms with E-state index in [1.165, 1.54) is 12.1 Å². The van der Waals surface area contributed by atoms with Crippen molar-refractivity contribution >= 4 is 45.2 Å². The second kappa shape index (κ2) is 12.8. The second-order valence-corrected chi connectivity index (χ2v) is 15.3. The average molecular weight is 662 g/mol. The number of nitrogens with zero attached hydrogens (tertiary/aromatic N) is 1. The topological polar surface area (TPSA) is 53.6 Å². The van der Waals surface area contributed by atoms with Gasteiger partial charge in [-0.2, -0.15) is 13.2 Å². The molecule has 0 spiro atoms. The van der Waals surface area contributed by atoms with Crippen LogP contribution in [0.5, 0.6) is 5.75 Å². The molecule has 2 aromatic carbocycles. The molecular formula is C30H31F7N3O2PS. The molecule has 2 saturated heterocycles. The first-order valence-corrected chi connectivity index (χ1v) is 17.0. The monoisotopic (exact) mass is 661 g/mol. The largest absolute Gasteiger partial charge is 0.573 e. The van der Waals surface area contributed by atoms with E-state index in [1.54, 1.807) is 18.2 Å². The minimum absolute atomic E-state index is 0.0134. The van der Waals surface area contributed by atoms with E-state index in [1.807, 2.05) is 11.9 Å². The zero-order valence-corrected chi connectivity index (χ0v) is 25.5. The Kier molecular flexibility index (Phi) is 9.45. The quantitative estimate of drug-likeness (QED) is 0.155. The van der Waals surface area contributed by atoms with E-state index < -0.39 is 44.1 Å². The highest BCUT2D eigenvalue weighted by Gasteiger charge is 2.35. The van der Waals surface area contributed by atoms with Crippen LogP contribution in [0.2, 0.25) is 0 Å². The number of benzene rings is 2. The van der Waals surface area contributed by atoms with Crippen molar-refractivity contribution in [1.29, 1.82) is 0 Å². The van der Waals surface area contributed by atoms with Crippen LogP contribution in [0, 0.1) is 11.8 Å². The molecule has 3 heterocycles. The Hall–Kier alpha value is -2.94. The minimum atomic E-state index is -4.99. The summed E-state index contributed by atoms with van der Waals surface area (Å²) in [4.78, 5) is 2.04. The number of likely N-dealkylation sites (tertiary alicyclic amines) is 1. The molecule has 1 unspecified atom stereocenters. The molecule has 5 rings (SSSR count). The van der Waals surface area contributed by atoms with Gasteiger partial charge in [0, 0.05) is 30.7 Å². The Bertz CT molecular complexity index is 1600. The van der Waals surface area contributed by atoms with Gasteiger partial charge >= 0.3 is 12.5 Å². The number of hydrogen-bond acceptors (Lipinski definition) is 6. The molecule has 0 bridgehead atoms. The van der Waals surface area contributed by atoms with Crippen LogP contribution in [0.1, 0.15) is 29.7 Å². The van der Waals surface area contributed by atoms with E-state index in [-0.39, 0.29) is 29.2 Å². The number of halogens is 7. The molecule has 0 saturated carbocycles. The number of thiophene rings is 1. The molecule has 1 aromatic heterocycles. The Morgan fingerprint density at radius 3 is 2.52 bits per heavy atom. The summed E-state index contributed by atoms with van der Waals surface area (Å²) in [5.74, 6) is 4.94. The number of fused-ring (bicyclic) bond motifs is 1. The van der Waals surface area contributed by atoms with Crippen LogP contribution >= 0.6 is 18.5 Å². The molecule has 14 heteroatoms. The van der Waals surface area contributed by atoms with Crippen LogP contribution in [0.4, 0.5) is 42.1 Å². The minimum Gasteiger partial charge on any atom is -0.404 e. The summed E-state index contributed by atoms with van der Waals surface area (Å²) in [5, 5.41) is 6.60. The molecule has 0 radical (unpaired) electrons. The molecule has 5 nitrogen and oxygen atoms in total. The van der Waals surface area contributed by atoms with Crippen molar-refractivity contribution in [3.05, 3.63) is 46.8 Å². The lowest BCUT2D eigenvalue weighted by Crippen LogP contribution is -2.46. The van der Waals surface area contributed by atoms with Gasteiger partial charge in [0.1, 0.15) is 13.3 Å². The van der Waals surface area contributed by atoms with Crippen LogP contribution in [0.15, 0.2) is 36.4 Å². The van der Waals surface area contributed by atoms with Crippen molar-refractivity contribution in [3.63, 3.8) is 0 Å². The lowest BCUT2D eigenvalue weighted by Gasteiger charge is -2.33. The smallest absolute Gasteiger partial charge is 0.404 e. The van der Waals surface area contributed by atoms with E-state index in [0.717, 1.165) is 30.2 Å². The SMILES string of the molecule is CN1CCC(Nc2cccc3c(CC(F)(F)F)c(C#CCNc4ccc(P5(=O)CCCC5)cc4OC(F)(F)F)sc23)[C@@H](F)C1. The van der Waals surface area contributed by atoms with Gasteiger partial charge in [0.05, 0.1) is 40.0 Å². The van der Waals surface area contributed by atoms with Crippen molar-refractivity contribution in [2.45, 2.75) is 50.4 Å². The fourth-order valence-electron chi connectivity index (χ4n) is 5.67. The molecule has 238 valence electrons. The lowest BCUT2D eigenvalue weighted by molar-refractivity contribution is -0.274. The first-order chi connectivity index (χ1) is 20.7. The molecule has 2 atom stereocenters. The van der Waals surface area contributed by atoms with E-state index in [0.29, 0.717) is 46.4 Å². The van der Waals surface area contributed by atoms with E-state index in [2.05, 4.69) is 27.2 Å². The maximum atomic E-state index is 14.7. The number of ether oxygens (including phenoxy) is 1. The van der Waals surface area contributed by atoms with Crippen LogP contribution in [0.3, 0.4) is 0 Å². The van der Waals surface area contributed by atoms with Crippen molar-refractivity contribution in [1.82, 2.24) is 4.90 Å². The highest BCUT2D eigenvalue weighted by molar-refractivity contribution is 7.71. The molecule has 2 fully saturated rings. The number of piperidine rings is 1. The van der Waals surface area contributed by atoms with Gasteiger partial charge in [-0.1, -0.05) is 24.0 Å². The summed E-state index contributed by atoms with van der Waals surface area (Å²) in [6.45, 7) is 0.730. The number of alkyl halides is 7.